The summed E-state index contributed by atoms with van der Waals surface area (Å²) in [6.45, 7) is 1.83. The predicted octanol–water partition coefficient (Wildman–Crippen LogP) is 4.66. The normalized spacial score (nSPS) is 16.9. The van der Waals surface area contributed by atoms with Gasteiger partial charge in [0.2, 0.25) is 5.95 Å². The van der Waals surface area contributed by atoms with Crippen LogP contribution >= 0.6 is 0 Å². The van der Waals surface area contributed by atoms with Crippen LogP contribution in [0.1, 0.15) is 45.8 Å². The van der Waals surface area contributed by atoms with Crippen molar-refractivity contribution >= 4 is 29.0 Å². The number of nitrogens with zero attached hydrogens (tertiary/aromatic N) is 5. The fourth-order valence-electron chi connectivity index (χ4n) is 4.30. The zero-order valence-corrected chi connectivity index (χ0v) is 21.0. The molecule has 2 aromatic heterocycles. The van der Waals surface area contributed by atoms with Gasteiger partial charge in [0.05, 0.1) is 11.7 Å². The van der Waals surface area contributed by atoms with Crippen LogP contribution in [0.5, 0.6) is 0 Å². The zero-order chi connectivity index (χ0) is 27.7. The van der Waals surface area contributed by atoms with Gasteiger partial charge < -0.3 is 21.1 Å². The van der Waals surface area contributed by atoms with Gasteiger partial charge in [-0.15, -0.1) is 0 Å². The number of carbonyl (C=O) groups excluding carboxylic acids is 1. The van der Waals surface area contributed by atoms with E-state index in [1.54, 1.807) is 31.3 Å². The standard InChI is InChI=1S/C26H25F3N8O2/c1-14-3-4-15(9-21(14)36-25-33-13-34-37(25)23-11-22(30-2)31-12-32-23)24(39)35-19-6-16(17-7-20(38)8-17)5-18(10-19)26(27,28)29/h3-6,9-13,17,20,38H,7-8H2,1-2H3,(H,35,39)(H,30,31,32)(H,33,34,36). The summed E-state index contributed by atoms with van der Waals surface area (Å²) in [7, 11) is 1.73. The smallest absolute Gasteiger partial charge is 0.393 e. The number of aliphatic hydroxyl groups is 1. The second-order valence-corrected chi connectivity index (χ2v) is 9.28. The molecule has 4 N–H and O–H groups in total. The number of amides is 1. The number of benzene rings is 2. The van der Waals surface area contributed by atoms with E-state index in [0.29, 0.717) is 41.7 Å². The second-order valence-electron chi connectivity index (χ2n) is 9.28. The van der Waals surface area contributed by atoms with E-state index in [1.807, 2.05) is 6.92 Å². The Kier molecular flexibility index (Phi) is 6.91. The number of hydrogen-bond acceptors (Lipinski definition) is 8. The highest BCUT2D eigenvalue weighted by molar-refractivity contribution is 6.05. The van der Waals surface area contributed by atoms with Crippen LogP contribution in [0.4, 0.5) is 36.3 Å². The topological polar surface area (TPSA) is 130 Å². The van der Waals surface area contributed by atoms with E-state index in [1.165, 1.54) is 23.4 Å². The number of alkyl halides is 3. The maximum Gasteiger partial charge on any atom is 0.416 e. The minimum absolute atomic E-state index is 0.0325. The largest absolute Gasteiger partial charge is 0.416 e. The lowest BCUT2D eigenvalue weighted by Gasteiger charge is -2.32. The third-order valence-electron chi connectivity index (χ3n) is 6.54. The summed E-state index contributed by atoms with van der Waals surface area (Å²) in [4.78, 5) is 25.6. The molecule has 1 aliphatic carbocycles. The first-order chi connectivity index (χ1) is 18.6. The first-order valence-corrected chi connectivity index (χ1v) is 12.1. The zero-order valence-electron chi connectivity index (χ0n) is 21.0. The molecule has 1 amide bonds. The van der Waals surface area contributed by atoms with Crippen molar-refractivity contribution in [3.05, 3.63) is 77.4 Å². The van der Waals surface area contributed by atoms with Gasteiger partial charge >= 0.3 is 6.18 Å². The highest BCUT2D eigenvalue weighted by Gasteiger charge is 2.34. The number of nitrogens with one attached hydrogen (secondary N) is 3. The molecule has 39 heavy (non-hydrogen) atoms. The molecule has 2 aromatic carbocycles. The van der Waals surface area contributed by atoms with E-state index in [-0.39, 0.29) is 17.2 Å². The van der Waals surface area contributed by atoms with E-state index < -0.39 is 23.8 Å². The third-order valence-corrected chi connectivity index (χ3v) is 6.54. The molecule has 4 aromatic rings. The Bertz CT molecular complexity index is 1520. The van der Waals surface area contributed by atoms with Crippen molar-refractivity contribution in [1.29, 1.82) is 0 Å². The second kappa shape index (κ2) is 10.3. The number of anilines is 4. The molecule has 10 nitrogen and oxygen atoms in total. The summed E-state index contributed by atoms with van der Waals surface area (Å²) in [6.07, 6.45) is -1.59. The van der Waals surface area contributed by atoms with Crippen molar-refractivity contribution < 1.29 is 23.1 Å². The van der Waals surface area contributed by atoms with E-state index in [9.17, 15) is 23.1 Å². The minimum Gasteiger partial charge on any atom is -0.393 e. The average Bonchev–Trinajstić information content (AvgIpc) is 3.35. The maximum absolute atomic E-state index is 13.6. The average molecular weight is 539 g/mol. The van der Waals surface area contributed by atoms with E-state index in [0.717, 1.165) is 17.7 Å². The molecule has 1 aliphatic rings. The van der Waals surface area contributed by atoms with Crippen molar-refractivity contribution in [2.75, 3.05) is 23.0 Å². The van der Waals surface area contributed by atoms with Crippen molar-refractivity contribution in [3.8, 4) is 5.82 Å². The molecule has 5 rings (SSSR count). The van der Waals surface area contributed by atoms with Crippen LogP contribution in [0.15, 0.2) is 55.1 Å². The number of carbonyl (C=O) groups is 1. The number of aryl methyl sites for hydroxylation is 1. The SMILES string of the molecule is CNc1cc(-n2ncnc2Nc2cc(C(=O)Nc3cc(C4CC(O)C4)cc(C(F)(F)F)c3)ccc2C)ncn1. The Hall–Kier alpha value is -4.52. The van der Waals surface area contributed by atoms with Gasteiger partial charge in [-0.3, -0.25) is 4.79 Å². The lowest BCUT2D eigenvalue weighted by molar-refractivity contribution is -0.137. The first kappa shape index (κ1) is 26.1. The van der Waals surface area contributed by atoms with Gasteiger partial charge in [0.25, 0.3) is 5.91 Å². The molecule has 0 spiro atoms. The molecule has 2 heterocycles. The first-order valence-electron chi connectivity index (χ1n) is 12.1. The van der Waals surface area contributed by atoms with Crippen LogP contribution in [0.3, 0.4) is 0 Å². The number of aromatic nitrogens is 5. The van der Waals surface area contributed by atoms with E-state index in [4.69, 9.17) is 0 Å². The van der Waals surface area contributed by atoms with Crippen molar-refractivity contribution in [2.45, 2.75) is 38.0 Å². The molecule has 0 unspecified atom stereocenters. The fraction of sp³-hybridized carbons (Fsp3) is 0.269. The lowest BCUT2D eigenvalue weighted by atomic mass is 9.77. The molecule has 0 aliphatic heterocycles. The van der Waals surface area contributed by atoms with Gasteiger partial charge in [0.15, 0.2) is 5.82 Å². The van der Waals surface area contributed by atoms with Gasteiger partial charge in [-0.05, 0) is 67.1 Å². The number of aliphatic hydroxyl groups excluding tert-OH is 1. The molecule has 0 radical (unpaired) electrons. The Balaban J connectivity index is 1.39. The number of halogens is 3. The summed E-state index contributed by atoms with van der Waals surface area (Å²) in [5, 5.41) is 22.5. The van der Waals surface area contributed by atoms with Crippen LogP contribution in [-0.2, 0) is 6.18 Å². The van der Waals surface area contributed by atoms with E-state index >= 15 is 0 Å². The van der Waals surface area contributed by atoms with Crippen LogP contribution in [0, 0.1) is 6.92 Å². The van der Waals surface area contributed by atoms with Crippen LogP contribution in [-0.4, -0.2) is 48.9 Å². The summed E-state index contributed by atoms with van der Waals surface area (Å²) in [5.41, 5.74) is 1.19. The molecule has 0 saturated heterocycles. The molecule has 0 bridgehead atoms. The van der Waals surface area contributed by atoms with Crippen molar-refractivity contribution in [3.63, 3.8) is 0 Å². The summed E-state index contributed by atoms with van der Waals surface area (Å²) in [6, 6.07) is 10.1. The number of rotatable bonds is 7. The maximum atomic E-state index is 13.6. The predicted molar refractivity (Wildman–Crippen MR) is 138 cm³/mol. The van der Waals surface area contributed by atoms with Gasteiger partial charge in [0, 0.05) is 30.1 Å². The third kappa shape index (κ3) is 5.67. The minimum atomic E-state index is -4.58. The Morgan fingerprint density at radius 1 is 1.05 bits per heavy atom. The van der Waals surface area contributed by atoms with Gasteiger partial charge in [-0.1, -0.05) is 6.07 Å². The van der Waals surface area contributed by atoms with Crippen molar-refractivity contribution in [2.24, 2.45) is 0 Å². The fourth-order valence-corrected chi connectivity index (χ4v) is 4.30. The van der Waals surface area contributed by atoms with Gasteiger partial charge in [-0.25, -0.2) is 9.97 Å². The van der Waals surface area contributed by atoms with Crippen molar-refractivity contribution in [1.82, 2.24) is 24.7 Å². The number of hydrogen-bond donors (Lipinski definition) is 4. The molecular weight excluding hydrogens is 513 g/mol. The molecule has 13 heteroatoms. The monoisotopic (exact) mass is 538 g/mol. The lowest BCUT2D eigenvalue weighted by Crippen LogP contribution is -2.27. The summed E-state index contributed by atoms with van der Waals surface area (Å²) >= 11 is 0. The highest BCUT2D eigenvalue weighted by atomic mass is 19.4. The Morgan fingerprint density at radius 3 is 2.56 bits per heavy atom. The van der Waals surface area contributed by atoms with Crippen LogP contribution in [0.25, 0.3) is 5.82 Å². The summed E-state index contributed by atoms with van der Waals surface area (Å²) in [5.74, 6) is 0.613. The molecule has 1 fully saturated rings. The molecule has 1 saturated carbocycles. The van der Waals surface area contributed by atoms with E-state index in [2.05, 4.69) is 36.0 Å². The quantitative estimate of drug-likeness (QED) is 0.267. The van der Waals surface area contributed by atoms with Gasteiger partial charge in [-0.2, -0.15) is 27.9 Å². The van der Waals surface area contributed by atoms with Crippen LogP contribution in [0.2, 0.25) is 0 Å². The molecule has 0 atom stereocenters. The Morgan fingerprint density at radius 2 is 1.85 bits per heavy atom. The Labute approximate surface area is 221 Å². The van der Waals surface area contributed by atoms with Crippen LogP contribution < -0.4 is 16.0 Å². The highest BCUT2D eigenvalue weighted by Crippen LogP contribution is 2.41. The molecule has 202 valence electrons. The molecular formula is C26H25F3N8O2. The van der Waals surface area contributed by atoms with Gasteiger partial charge in [0.1, 0.15) is 18.5 Å². The summed E-state index contributed by atoms with van der Waals surface area (Å²) < 4.78 is 42.1.